The fraction of sp³-hybridized carbons (Fsp3) is 0.0588. The zero-order chi connectivity index (χ0) is 14.4. The summed E-state index contributed by atoms with van der Waals surface area (Å²) in [4.78, 5) is 4.63. The van der Waals surface area contributed by atoms with Gasteiger partial charge in [0.15, 0.2) is 5.65 Å². The minimum atomic E-state index is 0.734. The number of para-hydroxylation sites is 1. The Kier molecular flexibility index (Phi) is 2.69. The standard InChI is InChI=1S/C17H12ClN3/c1-10-15-16(11-6-8-12(18)9-7-11)13-4-2-3-5-14(13)19-17(15)21-20-10/h2-9H,1H3,(H,19,20,21). The van der Waals surface area contributed by atoms with E-state index in [2.05, 4.69) is 21.2 Å². The van der Waals surface area contributed by atoms with E-state index in [0.717, 1.165) is 43.8 Å². The highest BCUT2D eigenvalue weighted by Crippen LogP contribution is 2.35. The van der Waals surface area contributed by atoms with Gasteiger partial charge in [-0.3, -0.25) is 5.10 Å². The van der Waals surface area contributed by atoms with E-state index in [4.69, 9.17) is 11.6 Å². The number of pyridine rings is 1. The number of H-pyrrole nitrogens is 1. The molecule has 0 aliphatic heterocycles. The maximum Gasteiger partial charge on any atom is 0.182 e. The van der Waals surface area contributed by atoms with Crippen molar-refractivity contribution in [3.05, 3.63) is 59.2 Å². The summed E-state index contributed by atoms with van der Waals surface area (Å²) in [5.41, 5.74) is 4.98. The third kappa shape index (κ3) is 1.89. The first kappa shape index (κ1) is 12.4. The summed E-state index contributed by atoms with van der Waals surface area (Å²) in [6.07, 6.45) is 0. The van der Waals surface area contributed by atoms with Crippen LogP contribution < -0.4 is 0 Å². The Bertz CT molecular complexity index is 955. The zero-order valence-electron chi connectivity index (χ0n) is 11.4. The Balaban J connectivity index is 2.20. The fourth-order valence-corrected chi connectivity index (χ4v) is 2.87. The van der Waals surface area contributed by atoms with Gasteiger partial charge in [0.05, 0.1) is 10.9 Å². The molecule has 102 valence electrons. The lowest BCUT2D eigenvalue weighted by molar-refractivity contribution is 1.06. The van der Waals surface area contributed by atoms with Crippen molar-refractivity contribution >= 4 is 33.5 Å². The average Bonchev–Trinajstić information content (AvgIpc) is 2.87. The maximum absolute atomic E-state index is 6.01. The predicted octanol–water partition coefficient (Wildman–Crippen LogP) is 4.74. The van der Waals surface area contributed by atoms with E-state index < -0.39 is 0 Å². The highest BCUT2D eigenvalue weighted by atomic mass is 35.5. The number of aromatic nitrogens is 3. The van der Waals surface area contributed by atoms with E-state index in [-0.39, 0.29) is 0 Å². The third-order valence-electron chi connectivity index (χ3n) is 3.71. The lowest BCUT2D eigenvalue weighted by Crippen LogP contribution is -1.88. The van der Waals surface area contributed by atoms with Crippen molar-refractivity contribution in [2.45, 2.75) is 6.92 Å². The van der Waals surface area contributed by atoms with Gasteiger partial charge in [0.2, 0.25) is 0 Å². The van der Waals surface area contributed by atoms with Crippen LogP contribution in [0.4, 0.5) is 0 Å². The molecule has 0 bridgehead atoms. The molecule has 0 saturated carbocycles. The molecular formula is C17H12ClN3. The quantitative estimate of drug-likeness (QED) is 0.551. The van der Waals surface area contributed by atoms with Crippen LogP contribution in [0.5, 0.6) is 0 Å². The van der Waals surface area contributed by atoms with E-state index in [1.165, 1.54) is 0 Å². The summed E-state index contributed by atoms with van der Waals surface area (Å²) in [5.74, 6) is 0. The molecule has 4 aromatic rings. The van der Waals surface area contributed by atoms with Gasteiger partial charge in [-0.25, -0.2) is 4.98 Å². The molecule has 2 aromatic carbocycles. The van der Waals surface area contributed by atoms with E-state index in [0.29, 0.717) is 0 Å². The summed E-state index contributed by atoms with van der Waals surface area (Å²) < 4.78 is 0. The number of benzene rings is 2. The van der Waals surface area contributed by atoms with Crippen molar-refractivity contribution in [3.63, 3.8) is 0 Å². The van der Waals surface area contributed by atoms with Crippen LogP contribution in [0.25, 0.3) is 33.1 Å². The normalized spacial score (nSPS) is 11.3. The smallest absolute Gasteiger partial charge is 0.182 e. The fourth-order valence-electron chi connectivity index (χ4n) is 2.74. The van der Waals surface area contributed by atoms with Crippen LogP contribution in [-0.4, -0.2) is 15.2 Å². The van der Waals surface area contributed by atoms with Gasteiger partial charge in [0.25, 0.3) is 0 Å². The number of fused-ring (bicyclic) bond motifs is 2. The van der Waals surface area contributed by atoms with Gasteiger partial charge >= 0.3 is 0 Å². The molecule has 0 aliphatic carbocycles. The van der Waals surface area contributed by atoms with Gasteiger partial charge in [-0.05, 0) is 30.7 Å². The van der Waals surface area contributed by atoms with Crippen LogP contribution >= 0.6 is 11.6 Å². The Labute approximate surface area is 126 Å². The molecule has 3 nitrogen and oxygen atoms in total. The number of nitrogens with one attached hydrogen (secondary N) is 1. The number of aromatic amines is 1. The van der Waals surface area contributed by atoms with E-state index in [1.54, 1.807) is 0 Å². The summed E-state index contributed by atoms with van der Waals surface area (Å²) in [7, 11) is 0. The van der Waals surface area contributed by atoms with E-state index >= 15 is 0 Å². The summed E-state index contributed by atoms with van der Waals surface area (Å²) in [6.45, 7) is 2.02. The molecule has 1 N–H and O–H groups in total. The van der Waals surface area contributed by atoms with Crippen molar-refractivity contribution in [3.8, 4) is 11.1 Å². The minimum Gasteiger partial charge on any atom is -0.280 e. The lowest BCUT2D eigenvalue weighted by atomic mass is 9.97. The number of hydrogen-bond acceptors (Lipinski definition) is 2. The van der Waals surface area contributed by atoms with Crippen molar-refractivity contribution < 1.29 is 0 Å². The van der Waals surface area contributed by atoms with Crippen LogP contribution in [0.15, 0.2) is 48.5 Å². The van der Waals surface area contributed by atoms with Gasteiger partial charge in [-0.1, -0.05) is 41.9 Å². The first-order chi connectivity index (χ1) is 10.2. The average molecular weight is 294 g/mol. The molecule has 21 heavy (non-hydrogen) atoms. The molecule has 0 fully saturated rings. The Hall–Kier alpha value is -2.39. The largest absolute Gasteiger partial charge is 0.280 e. The van der Waals surface area contributed by atoms with Crippen molar-refractivity contribution in [1.82, 2.24) is 15.2 Å². The highest BCUT2D eigenvalue weighted by Gasteiger charge is 2.14. The van der Waals surface area contributed by atoms with Crippen LogP contribution in [0.3, 0.4) is 0 Å². The molecule has 0 unspecified atom stereocenters. The van der Waals surface area contributed by atoms with Crippen LogP contribution in [0.1, 0.15) is 5.69 Å². The van der Waals surface area contributed by atoms with E-state index in [9.17, 15) is 0 Å². The molecule has 4 heteroatoms. The molecule has 0 aliphatic rings. The maximum atomic E-state index is 6.01. The van der Waals surface area contributed by atoms with Crippen molar-refractivity contribution in [2.75, 3.05) is 0 Å². The highest BCUT2D eigenvalue weighted by molar-refractivity contribution is 6.30. The lowest BCUT2D eigenvalue weighted by Gasteiger charge is -2.09. The first-order valence-corrected chi connectivity index (χ1v) is 7.11. The number of nitrogens with zero attached hydrogens (tertiary/aromatic N) is 2. The molecule has 2 aromatic heterocycles. The molecule has 0 amide bonds. The van der Waals surface area contributed by atoms with Gasteiger partial charge in [0.1, 0.15) is 0 Å². The van der Waals surface area contributed by atoms with Crippen LogP contribution in [0.2, 0.25) is 5.02 Å². The minimum absolute atomic E-state index is 0.734. The molecule has 4 rings (SSSR count). The molecular weight excluding hydrogens is 282 g/mol. The molecule has 2 heterocycles. The predicted molar refractivity (Wildman–Crippen MR) is 86.6 cm³/mol. The van der Waals surface area contributed by atoms with Crippen molar-refractivity contribution in [2.24, 2.45) is 0 Å². The molecule has 0 radical (unpaired) electrons. The van der Waals surface area contributed by atoms with Gasteiger partial charge in [-0.2, -0.15) is 5.10 Å². The topological polar surface area (TPSA) is 41.6 Å². The number of rotatable bonds is 1. The molecule has 0 saturated heterocycles. The first-order valence-electron chi connectivity index (χ1n) is 6.73. The van der Waals surface area contributed by atoms with E-state index in [1.807, 2.05) is 49.4 Å². The summed E-state index contributed by atoms with van der Waals surface area (Å²) >= 11 is 6.01. The monoisotopic (exact) mass is 293 g/mol. The second-order valence-electron chi connectivity index (χ2n) is 5.06. The second kappa shape index (κ2) is 4.57. The summed E-state index contributed by atoms with van der Waals surface area (Å²) in [5, 5.41) is 10.3. The SMILES string of the molecule is Cc1[nH]nc2nc3ccccc3c(-c3ccc(Cl)cc3)c12. The number of hydrogen-bond donors (Lipinski definition) is 1. The van der Waals surface area contributed by atoms with Crippen LogP contribution in [0, 0.1) is 6.92 Å². The molecule has 0 spiro atoms. The Morgan fingerprint density at radius 3 is 2.57 bits per heavy atom. The summed E-state index contributed by atoms with van der Waals surface area (Å²) in [6, 6.07) is 16.0. The number of halogens is 1. The van der Waals surface area contributed by atoms with Gasteiger partial charge < -0.3 is 0 Å². The van der Waals surface area contributed by atoms with Gasteiger partial charge in [-0.15, -0.1) is 0 Å². The Morgan fingerprint density at radius 1 is 1.00 bits per heavy atom. The molecule has 0 atom stereocenters. The Morgan fingerprint density at radius 2 is 1.76 bits per heavy atom. The van der Waals surface area contributed by atoms with Crippen molar-refractivity contribution in [1.29, 1.82) is 0 Å². The van der Waals surface area contributed by atoms with Crippen LogP contribution in [-0.2, 0) is 0 Å². The second-order valence-corrected chi connectivity index (χ2v) is 5.49. The zero-order valence-corrected chi connectivity index (χ0v) is 12.1. The number of aryl methyl sites for hydroxylation is 1. The van der Waals surface area contributed by atoms with Gasteiger partial charge in [0, 0.05) is 21.7 Å². The third-order valence-corrected chi connectivity index (χ3v) is 3.96.